The largest absolute Gasteiger partial charge is 0.437 e. The van der Waals surface area contributed by atoms with Gasteiger partial charge in [0.25, 0.3) is 0 Å². The number of aromatic nitrogens is 3. The Bertz CT molecular complexity index is 762. The second kappa shape index (κ2) is 7.98. The molecule has 0 bridgehead atoms. The SMILES string of the molecule is CC(C)C(N)C(=O)OCOCC1CCC(c2c[nH]c3c(N)ncnc23)N1. The summed E-state index contributed by atoms with van der Waals surface area (Å²) < 4.78 is 10.5. The quantitative estimate of drug-likeness (QED) is 0.322. The average Bonchev–Trinajstić information content (AvgIpc) is 3.25. The molecule has 3 atom stereocenters. The van der Waals surface area contributed by atoms with Crippen LogP contribution in [0.1, 0.15) is 38.3 Å². The molecule has 1 aliphatic heterocycles. The van der Waals surface area contributed by atoms with Crippen LogP contribution in [-0.2, 0) is 14.3 Å². The van der Waals surface area contributed by atoms with E-state index < -0.39 is 12.0 Å². The lowest BCUT2D eigenvalue weighted by Crippen LogP contribution is -2.37. The van der Waals surface area contributed by atoms with Crippen molar-refractivity contribution in [3.63, 3.8) is 0 Å². The van der Waals surface area contributed by atoms with Gasteiger partial charge in [-0.2, -0.15) is 0 Å². The van der Waals surface area contributed by atoms with Gasteiger partial charge in [-0.25, -0.2) is 9.97 Å². The van der Waals surface area contributed by atoms with Crippen molar-refractivity contribution in [2.75, 3.05) is 19.1 Å². The zero-order valence-corrected chi connectivity index (χ0v) is 15.1. The molecule has 3 rings (SSSR count). The third-order valence-electron chi connectivity index (χ3n) is 4.73. The van der Waals surface area contributed by atoms with Gasteiger partial charge >= 0.3 is 5.97 Å². The summed E-state index contributed by atoms with van der Waals surface area (Å²) in [6.07, 6.45) is 5.31. The van der Waals surface area contributed by atoms with Crippen LogP contribution in [0, 0.1) is 5.92 Å². The van der Waals surface area contributed by atoms with Gasteiger partial charge in [-0.1, -0.05) is 13.8 Å². The predicted molar refractivity (Wildman–Crippen MR) is 96.9 cm³/mol. The van der Waals surface area contributed by atoms with Gasteiger partial charge in [0.1, 0.15) is 17.9 Å². The summed E-state index contributed by atoms with van der Waals surface area (Å²) in [5.41, 5.74) is 14.3. The summed E-state index contributed by atoms with van der Waals surface area (Å²) in [6, 6.07) is -0.269. The molecule has 2 aromatic heterocycles. The fraction of sp³-hybridized carbons (Fsp3) is 0.588. The maximum absolute atomic E-state index is 11.7. The highest BCUT2D eigenvalue weighted by Crippen LogP contribution is 2.31. The van der Waals surface area contributed by atoms with E-state index in [4.69, 9.17) is 20.9 Å². The van der Waals surface area contributed by atoms with Crippen LogP contribution in [0.25, 0.3) is 11.0 Å². The van der Waals surface area contributed by atoms with Gasteiger partial charge in [-0.15, -0.1) is 0 Å². The summed E-state index contributed by atoms with van der Waals surface area (Å²) in [5, 5.41) is 3.52. The number of aromatic amines is 1. The van der Waals surface area contributed by atoms with Gasteiger partial charge in [0, 0.05) is 23.8 Å². The minimum absolute atomic E-state index is 0.0359. The van der Waals surface area contributed by atoms with Crippen molar-refractivity contribution in [3.05, 3.63) is 18.1 Å². The van der Waals surface area contributed by atoms with Crippen molar-refractivity contribution in [3.8, 4) is 0 Å². The van der Waals surface area contributed by atoms with Crippen LogP contribution in [0.3, 0.4) is 0 Å². The average molecular weight is 362 g/mol. The first-order chi connectivity index (χ1) is 12.5. The van der Waals surface area contributed by atoms with Crippen LogP contribution in [0.5, 0.6) is 0 Å². The monoisotopic (exact) mass is 362 g/mol. The molecule has 0 amide bonds. The van der Waals surface area contributed by atoms with Gasteiger partial charge in [-0.05, 0) is 18.8 Å². The lowest BCUT2D eigenvalue weighted by atomic mass is 10.1. The van der Waals surface area contributed by atoms with Crippen LogP contribution < -0.4 is 16.8 Å². The highest BCUT2D eigenvalue weighted by atomic mass is 16.7. The smallest absolute Gasteiger partial charge is 0.325 e. The molecule has 9 heteroatoms. The molecule has 0 radical (unpaired) electrons. The molecule has 9 nitrogen and oxygen atoms in total. The Hall–Kier alpha value is -2.23. The van der Waals surface area contributed by atoms with E-state index in [0.29, 0.717) is 12.4 Å². The Morgan fingerprint density at radius 3 is 2.96 bits per heavy atom. The third-order valence-corrected chi connectivity index (χ3v) is 4.73. The lowest BCUT2D eigenvalue weighted by molar-refractivity contribution is -0.159. The van der Waals surface area contributed by atoms with Gasteiger partial charge < -0.3 is 31.2 Å². The van der Waals surface area contributed by atoms with Crippen molar-refractivity contribution < 1.29 is 14.3 Å². The van der Waals surface area contributed by atoms with Gasteiger partial charge in [0.05, 0.1) is 12.1 Å². The number of carbonyl (C=O) groups is 1. The van der Waals surface area contributed by atoms with Crippen molar-refractivity contribution >= 4 is 22.8 Å². The Kier molecular flexibility index (Phi) is 5.70. The van der Waals surface area contributed by atoms with E-state index in [1.54, 1.807) is 0 Å². The number of nitrogen functional groups attached to an aromatic ring is 1. The first-order valence-corrected chi connectivity index (χ1v) is 8.80. The fourth-order valence-electron chi connectivity index (χ4n) is 3.10. The number of anilines is 1. The number of hydrogen-bond acceptors (Lipinski definition) is 8. The topological polar surface area (TPSA) is 141 Å². The number of nitrogens with zero attached hydrogens (tertiary/aromatic N) is 2. The molecule has 3 unspecified atom stereocenters. The van der Waals surface area contributed by atoms with Crippen LogP contribution in [-0.4, -0.2) is 46.4 Å². The molecule has 1 fully saturated rings. The molecule has 1 aliphatic rings. The molecular weight excluding hydrogens is 336 g/mol. The van der Waals surface area contributed by atoms with Gasteiger partial charge in [0.15, 0.2) is 12.6 Å². The third kappa shape index (κ3) is 3.95. The van der Waals surface area contributed by atoms with E-state index in [1.807, 2.05) is 20.0 Å². The molecule has 6 N–H and O–H groups in total. The number of ether oxygens (including phenoxy) is 2. The Morgan fingerprint density at radius 2 is 2.19 bits per heavy atom. The summed E-state index contributed by atoms with van der Waals surface area (Å²) >= 11 is 0. The Balaban J connectivity index is 1.47. The van der Waals surface area contributed by atoms with E-state index in [0.717, 1.165) is 29.4 Å². The van der Waals surface area contributed by atoms with Crippen LogP contribution >= 0.6 is 0 Å². The Labute approximate surface area is 151 Å². The number of nitrogens with one attached hydrogen (secondary N) is 2. The number of esters is 1. The molecule has 0 saturated carbocycles. The van der Waals surface area contributed by atoms with Crippen LogP contribution in [0.4, 0.5) is 5.82 Å². The van der Waals surface area contributed by atoms with Gasteiger partial charge in [-0.3, -0.25) is 4.79 Å². The minimum Gasteiger partial charge on any atom is -0.437 e. The van der Waals surface area contributed by atoms with Crippen molar-refractivity contribution in [2.45, 2.75) is 44.8 Å². The number of hydrogen-bond donors (Lipinski definition) is 4. The highest BCUT2D eigenvalue weighted by Gasteiger charge is 2.28. The molecule has 0 aliphatic carbocycles. The van der Waals surface area contributed by atoms with Crippen LogP contribution in [0.2, 0.25) is 0 Å². The van der Waals surface area contributed by atoms with Crippen LogP contribution in [0.15, 0.2) is 12.5 Å². The predicted octanol–water partition coefficient (Wildman–Crippen LogP) is 0.834. The van der Waals surface area contributed by atoms with E-state index in [1.165, 1.54) is 6.33 Å². The number of fused-ring (bicyclic) bond motifs is 1. The molecule has 26 heavy (non-hydrogen) atoms. The second-order valence-electron chi connectivity index (χ2n) is 6.94. The maximum atomic E-state index is 11.7. The fourth-order valence-corrected chi connectivity index (χ4v) is 3.10. The molecule has 2 aromatic rings. The van der Waals surface area contributed by atoms with Gasteiger partial charge in [0.2, 0.25) is 0 Å². The van der Waals surface area contributed by atoms with E-state index in [-0.39, 0.29) is 24.8 Å². The summed E-state index contributed by atoms with van der Waals surface area (Å²) in [7, 11) is 0. The highest BCUT2D eigenvalue weighted by molar-refractivity contribution is 5.87. The Morgan fingerprint density at radius 1 is 1.38 bits per heavy atom. The number of H-pyrrole nitrogens is 1. The number of rotatable bonds is 7. The molecule has 0 aromatic carbocycles. The van der Waals surface area contributed by atoms with E-state index in [2.05, 4.69) is 20.3 Å². The summed E-state index contributed by atoms with van der Waals surface area (Å²) in [6.45, 7) is 4.12. The minimum atomic E-state index is -0.621. The summed E-state index contributed by atoms with van der Waals surface area (Å²) in [4.78, 5) is 23.1. The molecular formula is C17H26N6O3. The molecule has 0 spiro atoms. The maximum Gasteiger partial charge on any atom is 0.325 e. The first-order valence-electron chi connectivity index (χ1n) is 8.80. The van der Waals surface area contributed by atoms with Crippen molar-refractivity contribution in [1.82, 2.24) is 20.3 Å². The number of carbonyl (C=O) groups excluding carboxylic acids is 1. The summed E-state index contributed by atoms with van der Waals surface area (Å²) in [5.74, 6) is 0.0441. The molecule has 3 heterocycles. The lowest BCUT2D eigenvalue weighted by Gasteiger charge is -2.16. The second-order valence-corrected chi connectivity index (χ2v) is 6.94. The number of nitrogens with two attached hydrogens (primary N) is 2. The standard InChI is InChI=1S/C17H26N6O3/c1-9(2)13(18)17(24)26-8-25-6-10-3-4-12(23-10)11-5-20-15-14(11)21-7-22-16(15)19/h5,7,9-10,12-13,20,23H,3-4,6,8,18H2,1-2H3,(H2,19,21,22). The molecule has 1 saturated heterocycles. The van der Waals surface area contributed by atoms with E-state index >= 15 is 0 Å². The van der Waals surface area contributed by atoms with E-state index in [9.17, 15) is 4.79 Å². The van der Waals surface area contributed by atoms with Crippen molar-refractivity contribution in [2.24, 2.45) is 11.7 Å². The zero-order chi connectivity index (χ0) is 18.7. The normalized spacial score (nSPS) is 21.4. The van der Waals surface area contributed by atoms with Crippen molar-refractivity contribution in [1.29, 1.82) is 0 Å². The zero-order valence-electron chi connectivity index (χ0n) is 15.1. The molecule has 142 valence electrons. The first kappa shape index (κ1) is 18.6.